The minimum atomic E-state index is -0.700. The first-order valence-corrected chi connectivity index (χ1v) is 8.65. The highest BCUT2D eigenvalue weighted by molar-refractivity contribution is 5.13. The molecule has 0 aliphatic carbocycles. The van der Waals surface area contributed by atoms with E-state index in [1.165, 1.54) is 6.42 Å². The maximum Gasteiger partial charge on any atom is 0.146 e. The average molecular weight is 334 g/mol. The lowest BCUT2D eigenvalue weighted by Crippen LogP contribution is -2.21. The van der Waals surface area contributed by atoms with Crippen molar-refractivity contribution in [3.63, 3.8) is 0 Å². The molecule has 1 aromatic carbocycles. The molecule has 0 saturated heterocycles. The summed E-state index contributed by atoms with van der Waals surface area (Å²) in [6, 6.07) is 9.95. The Balaban J connectivity index is 2.26. The summed E-state index contributed by atoms with van der Waals surface area (Å²) >= 11 is 0. The van der Waals surface area contributed by atoms with Crippen LogP contribution in [0.2, 0.25) is 0 Å². The Morgan fingerprint density at radius 2 is 1.96 bits per heavy atom. The quantitative estimate of drug-likeness (QED) is 0.361. The number of benzene rings is 1. The van der Waals surface area contributed by atoms with E-state index in [-0.39, 0.29) is 12.9 Å². The summed E-state index contributed by atoms with van der Waals surface area (Å²) in [6.07, 6.45) is 4.12. The average Bonchev–Trinajstić information content (AvgIpc) is 2.60. The summed E-state index contributed by atoms with van der Waals surface area (Å²) in [5.41, 5.74) is 1.11. The third-order valence-corrected chi connectivity index (χ3v) is 3.59. The predicted molar refractivity (Wildman–Crippen MR) is 95.4 cm³/mol. The van der Waals surface area contributed by atoms with Crippen LogP contribution in [0.4, 0.5) is 0 Å². The van der Waals surface area contributed by atoms with E-state index in [1.54, 1.807) is 7.11 Å². The number of unbranched alkanes of at least 4 members (excludes halogenated alkanes) is 2. The van der Waals surface area contributed by atoms with Gasteiger partial charge in [-0.15, -0.1) is 0 Å². The third kappa shape index (κ3) is 10.4. The molecule has 0 heterocycles. The van der Waals surface area contributed by atoms with Crippen LogP contribution in [0.15, 0.2) is 30.3 Å². The maximum atomic E-state index is 10.0. The molecule has 0 unspecified atom stereocenters. The van der Waals surface area contributed by atoms with Crippen molar-refractivity contribution in [1.82, 2.24) is 0 Å². The third-order valence-electron chi connectivity index (χ3n) is 3.59. The van der Waals surface area contributed by atoms with Crippen LogP contribution in [-0.2, 0) is 20.8 Å². The summed E-state index contributed by atoms with van der Waals surface area (Å²) in [5, 5.41) is 10.0. The molecule has 0 aromatic heterocycles. The van der Waals surface area contributed by atoms with Crippen LogP contribution in [-0.4, -0.2) is 37.8 Å². The fourth-order valence-electron chi connectivity index (χ4n) is 2.32. The van der Waals surface area contributed by atoms with E-state index in [2.05, 4.69) is 18.8 Å². The van der Waals surface area contributed by atoms with E-state index in [0.717, 1.165) is 24.8 Å². The van der Waals surface area contributed by atoms with E-state index in [4.69, 9.17) is 14.2 Å². The van der Waals surface area contributed by atoms with Gasteiger partial charge in [0.1, 0.15) is 19.5 Å². The zero-order valence-electron chi connectivity index (χ0n) is 14.9. The van der Waals surface area contributed by atoms with Gasteiger partial charge in [-0.1, -0.05) is 68.4 Å². The summed E-state index contributed by atoms with van der Waals surface area (Å²) in [4.78, 5) is 0. The van der Waals surface area contributed by atoms with Gasteiger partial charge >= 0.3 is 0 Å². The number of hydrogen-bond donors (Lipinski definition) is 1. The van der Waals surface area contributed by atoms with Crippen molar-refractivity contribution >= 4 is 0 Å². The lowest BCUT2D eigenvalue weighted by molar-refractivity contribution is -0.0837. The van der Waals surface area contributed by atoms with E-state index in [0.29, 0.717) is 19.6 Å². The van der Waals surface area contributed by atoms with Gasteiger partial charge in [-0.25, -0.2) is 0 Å². The van der Waals surface area contributed by atoms with Crippen molar-refractivity contribution in [2.24, 2.45) is 0 Å². The maximum absolute atomic E-state index is 10.0. The van der Waals surface area contributed by atoms with Gasteiger partial charge < -0.3 is 19.3 Å². The van der Waals surface area contributed by atoms with E-state index in [1.807, 2.05) is 30.3 Å². The highest BCUT2D eigenvalue weighted by Gasteiger charge is 2.13. The molecule has 0 aliphatic heterocycles. The fraction of sp³-hybridized carbons (Fsp3) is 0.600. The molecular weight excluding hydrogens is 304 g/mol. The number of hydrogen-bond acceptors (Lipinski definition) is 4. The highest BCUT2D eigenvalue weighted by atomic mass is 16.7. The first-order chi connectivity index (χ1) is 11.8. The molecule has 0 bridgehead atoms. The molecule has 0 radical (unpaired) electrons. The molecule has 1 aromatic rings. The minimum Gasteiger partial charge on any atom is -0.380 e. The Labute approximate surface area is 146 Å². The van der Waals surface area contributed by atoms with Crippen LogP contribution < -0.4 is 0 Å². The molecule has 1 N–H and O–H groups in total. The van der Waals surface area contributed by atoms with Crippen molar-refractivity contribution in [3.8, 4) is 11.8 Å². The fourth-order valence-corrected chi connectivity index (χ4v) is 2.32. The number of ether oxygens (including phenoxy) is 3. The van der Waals surface area contributed by atoms with Gasteiger partial charge in [-0.05, 0) is 12.0 Å². The van der Waals surface area contributed by atoms with Gasteiger partial charge in [0.25, 0.3) is 0 Å². The molecule has 0 fully saturated rings. The van der Waals surface area contributed by atoms with Crippen LogP contribution in [0.1, 0.15) is 44.6 Å². The number of aliphatic hydroxyl groups excluding tert-OH is 1. The smallest absolute Gasteiger partial charge is 0.146 e. The number of aliphatic hydroxyl groups is 1. The molecule has 0 amide bonds. The zero-order valence-corrected chi connectivity index (χ0v) is 14.9. The van der Waals surface area contributed by atoms with Gasteiger partial charge in [0.15, 0.2) is 0 Å². The Hall–Kier alpha value is -1.38. The Morgan fingerprint density at radius 3 is 2.67 bits per heavy atom. The number of rotatable bonds is 12. The lowest BCUT2D eigenvalue weighted by atomic mass is 10.0. The zero-order chi connectivity index (χ0) is 17.5. The summed E-state index contributed by atoms with van der Waals surface area (Å²) in [5.74, 6) is 5.70. The summed E-state index contributed by atoms with van der Waals surface area (Å²) in [6.45, 7) is 3.26. The first kappa shape index (κ1) is 20.7. The highest BCUT2D eigenvalue weighted by Crippen LogP contribution is 2.12. The molecule has 2 atom stereocenters. The standard InChI is InChI=1S/C20H30O4/c1-3-4-6-13-20(24-17-22-2)15-19(21)12-9-14-23-16-18-10-7-5-8-11-18/h5,7-8,10-11,19-21H,3-4,6,13-17H2,1-2H3/t19-,20+/m1/s1. The van der Waals surface area contributed by atoms with Crippen molar-refractivity contribution < 1.29 is 19.3 Å². The van der Waals surface area contributed by atoms with Crippen LogP contribution >= 0.6 is 0 Å². The molecule has 4 heteroatoms. The van der Waals surface area contributed by atoms with Gasteiger partial charge in [-0.3, -0.25) is 0 Å². The molecule has 0 aliphatic rings. The molecule has 0 spiro atoms. The van der Waals surface area contributed by atoms with Gasteiger partial charge in [0.2, 0.25) is 0 Å². The van der Waals surface area contributed by atoms with Gasteiger partial charge in [-0.2, -0.15) is 0 Å². The van der Waals surface area contributed by atoms with Crippen molar-refractivity contribution in [2.45, 2.75) is 57.8 Å². The van der Waals surface area contributed by atoms with Gasteiger partial charge in [0, 0.05) is 13.5 Å². The van der Waals surface area contributed by atoms with Crippen LogP contribution in [0.25, 0.3) is 0 Å². The monoisotopic (exact) mass is 334 g/mol. The van der Waals surface area contributed by atoms with Gasteiger partial charge in [0.05, 0.1) is 12.7 Å². The summed E-state index contributed by atoms with van der Waals surface area (Å²) in [7, 11) is 1.60. The van der Waals surface area contributed by atoms with E-state index in [9.17, 15) is 5.11 Å². The lowest BCUT2D eigenvalue weighted by Gasteiger charge is -2.18. The summed E-state index contributed by atoms with van der Waals surface area (Å²) < 4.78 is 16.1. The van der Waals surface area contributed by atoms with E-state index >= 15 is 0 Å². The largest absolute Gasteiger partial charge is 0.380 e. The molecular formula is C20H30O4. The van der Waals surface area contributed by atoms with Crippen LogP contribution in [0, 0.1) is 11.8 Å². The normalized spacial score (nSPS) is 13.1. The molecule has 4 nitrogen and oxygen atoms in total. The van der Waals surface area contributed by atoms with Crippen LogP contribution in [0.3, 0.4) is 0 Å². The second-order valence-electron chi connectivity index (χ2n) is 5.74. The predicted octanol–water partition coefficient (Wildman–Crippen LogP) is 3.53. The molecule has 0 saturated carbocycles. The van der Waals surface area contributed by atoms with Crippen LogP contribution in [0.5, 0.6) is 0 Å². The Bertz CT molecular complexity index is 464. The second kappa shape index (κ2) is 14.0. The second-order valence-corrected chi connectivity index (χ2v) is 5.74. The topological polar surface area (TPSA) is 47.9 Å². The van der Waals surface area contributed by atoms with E-state index < -0.39 is 6.10 Å². The first-order valence-electron chi connectivity index (χ1n) is 8.65. The molecule has 1 rings (SSSR count). The Morgan fingerprint density at radius 1 is 1.17 bits per heavy atom. The Kier molecular flexibility index (Phi) is 12.1. The van der Waals surface area contributed by atoms with Crippen molar-refractivity contribution in [3.05, 3.63) is 35.9 Å². The SMILES string of the molecule is CCCCC[C@@H](C[C@H](O)C#CCOCc1ccccc1)OCOC. The number of methoxy groups -OCH3 is 1. The molecule has 134 valence electrons. The van der Waals surface area contributed by atoms with Crippen molar-refractivity contribution in [2.75, 3.05) is 20.5 Å². The molecule has 24 heavy (non-hydrogen) atoms. The van der Waals surface area contributed by atoms with Crippen molar-refractivity contribution in [1.29, 1.82) is 0 Å². The minimum absolute atomic E-state index is 0.0222.